The van der Waals surface area contributed by atoms with Crippen LogP contribution in [0.1, 0.15) is 36.0 Å². The van der Waals surface area contributed by atoms with Gasteiger partial charge in [0, 0.05) is 13.0 Å². The Morgan fingerprint density at radius 1 is 1.21 bits per heavy atom. The number of amides is 1. The molecule has 19 heavy (non-hydrogen) atoms. The van der Waals surface area contributed by atoms with E-state index in [1.807, 2.05) is 0 Å². The summed E-state index contributed by atoms with van der Waals surface area (Å²) < 4.78 is 17.8. The van der Waals surface area contributed by atoms with Gasteiger partial charge in [-0.2, -0.15) is 0 Å². The molecule has 0 saturated carbocycles. The number of methoxy groups -OCH3 is 1. The van der Waals surface area contributed by atoms with Crippen LogP contribution >= 0.6 is 0 Å². The number of hydrogen-bond acceptors (Lipinski definition) is 3. The quantitative estimate of drug-likeness (QED) is 0.609. The summed E-state index contributed by atoms with van der Waals surface area (Å²) in [6.07, 6.45) is 2.67. The summed E-state index contributed by atoms with van der Waals surface area (Å²) >= 11 is 0. The van der Waals surface area contributed by atoms with E-state index in [1.54, 1.807) is 12.1 Å². The third-order valence-corrected chi connectivity index (χ3v) is 2.69. The van der Waals surface area contributed by atoms with Gasteiger partial charge in [-0.1, -0.05) is 18.6 Å². The van der Waals surface area contributed by atoms with E-state index >= 15 is 0 Å². The van der Waals surface area contributed by atoms with Crippen molar-refractivity contribution in [3.8, 4) is 0 Å². The molecular weight excluding hydrogens is 249 g/mol. The predicted octanol–water partition coefficient (Wildman–Crippen LogP) is 2.29. The van der Waals surface area contributed by atoms with Crippen LogP contribution in [0.5, 0.6) is 0 Å². The van der Waals surface area contributed by atoms with Gasteiger partial charge in [0.05, 0.1) is 12.7 Å². The van der Waals surface area contributed by atoms with Gasteiger partial charge >= 0.3 is 5.97 Å². The van der Waals surface area contributed by atoms with Crippen LogP contribution in [0.2, 0.25) is 0 Å². The van der Waals surface area contributed by atoms with Crippen molar-refractivity contribution in [3.63, 3.8) is 0 Å². The number of carbonyl (C=O) groups is 2. The molecule has 0 radical (unpaired) electrons. The van der Waals surface area contributed by atoms with E-state index < -0.39 is 11.7 Å². The minimum atomic E-state index is -0.523. The Balaban J connectivity index is 2.18. The number of benzene rings is 1. The Hall–Kier alpha value is -1.91. The molecule has 0 heterocycles. The van der Waals surface area contributed by atoms with Crippen LogP contribution in [0.4, 0.5) is 4.39 Å². The molecule has 5 heteroatoms. The zero-order valence-corrected chi connectivity index (χ0v) is 10.9. The number of ether oxygens (including phenoxy) is 1. The van der Waals surface area contributed by atoms with E-state index in [-0.39, 0.29) is 11.5 Å². The lowest BCUT2D eigenvalue weighted by Gasteiger charge is -2.05. The minimum absolute atomic E-state index is 0.0528. The number of carbonyl (C=O) groups excluding carboxylic acids is 2. The molecule has 0 bridgehead atoms. The van der Waals surface area contributed by atoms with Gasteiger partial charge in [-0.05, 0) is 25.0 Å². The summed E-state index contributed by atoms with van der Waals surface area (Å²) in [6, 6.07) is 5.86. The Kier molecular flexibility index (Phi) is 6.57. The number of hydrogen-bond donors (Lipinski definition) is 1. The second kappa shape index (κ2) is 8.24. The molecule has 1 N–H and O–H groups in total. The number of esters is 1. The molecule has 0 aliphatic carbocycles. The molecule has 0 saturated heterocycles. The first-order chi connectivity index (χ1) is 9.15. The van der Waals surface area contributed by atoms with Crippen LogP contribution in [-0.4, -0.2) is 25.5 Å². The normalized spacial score (nSPS) is 10.0. The third kappa shape index (κ3) is 5.50. The van der Waals surface area contributed by atoms with E-state index in [0.717, 1.165) is 19.3 Å². The summed E-state index contributed by atoms with van der Waals surface area (Å²) in [5, 5.41) is 2.65. The zero-order valence-electron chi connectivity index (χ0n) is 10.9. The topological polar surface area (TPSA) is 55.4 Å². The monoisotopic (exact) mass is 267 g/mol. The molecular formula is C14H18FNO3. The lowest BCUT2D eigenvalue weighted by Crippen LogP contribution is -2.25. The van der Waals surface area contributed by atoms with Crippen molar-refractivity contribution in [1.29, 1.82) is 0 Å². The Morgan fingerprint density at radius 3 is 2.63 bits per heavy atom. The highest BCUT2D eigenvalue weighted by Crippen LogP contribution is 2.06. The fourth-order valence-electron chi connectivity index (χ4n) is 1.62. The smallest absolute Gasteiger partial charge is 0.305 e. The van der Waals surface area contributed by atoms with Gasteiger partial charge < -0.3 is 10.1 Å². The van der Waals surface area contributed by atoms with E-state index in [2.05, 4.69) is 10.1 Å². The van der Waals surface area contributed by atoms with Gasteiger partial charge in [0.25, 0.3) is 5.91 Å². The maximum absolute atomic E-state index is 13.3. The summed E-state index contributed by atoms with van der Waals surface area (Å²) in [5.74, 6) is -1.16. The summed E-state index contributed by atoms with van der Waals surface area (Å²) in [5.41, 5.74) is 0.0528. The van der Waals surface area contributed by atoms with E-state index in [4.69, 9.17) is 0 Å². The Bertz CT molecular complexity index is 434. The molecule has 1 amide bonds. The number of halogens is 1. The second-order valence-corrected chi connectivity index (χ2v) is 4.12. The molecule has 1 aromatic rings. The van der Waals surface area contributed by atoms with Gasteiger partial charge in [0.2, 0.25) is 0 Å². The molecule has 1 aromatic carbocycles. The number of unbranched alkanes of at least 4 members (excludes halogenated alkanes) is 2. The highest BCUT2D eigenvalue weighted by molar-refractivity contribution is 5.94. The average Bonchev–Trinajstić information content (AvgIpc) is 2.42. The molecule has 0 atom stereocenters. The highest BCUT2D eigenvalue weighted by atomic mass is 19.1. The highest BCUT2D eigenvalue weighted by Gasteiger charge is 2.09. The average molecular weight is 267 g/mol. The second-order valence-electron chi connectivity index (χ2n) is 4.12. The van der Waals surface area contributed by atoms with Gasteiger partial charge in [-0.25, -0.2) is 4.39 Å². The van der Waals surface area contributed by atoms with Gasteiger partial charge in [0.15, 0.2) is 0 Å². The molecule has 1 rings (SSSR count). The molecule has 4 nitrogen and oxygen atoms in total. The molecule has 0 spiro atoms. The van der Waals surface area contributed by atoms with Crippen molar-refractivity contribution >= 4 is 11.9 Å². The maximum atomic E-state index is 13.3. The largest absolute Gasteiger partial charge is 0.469 e. The molecule has 104 valence electrons. The maximum Gasteiger partial charge on any atom is 0.305 e. The van der Waals surface area contributed by atoms with Gasteiger partial charge in [0.1, 0.15) is 5.82 Å². The first-order valence-electron chi connectivity index (χ1n) is 6.24. The van der Waals surface area contributed by atoms with Crippen molar-refractivity contribution in [3.05, 3.63) is 35.6 Å². The zero-order chi connectivity index (χ0) is 14.1. The van der Waals surface area contributed by atoms with Crippen LogP contribution < -0.4 is 5.32 Å². The predicted molar refractivity (Wildman–Crippen MR) is 69.2 cm³/mol. The number of nitrogens with one attached hydrogen (secondary N) is 1. The molecule has 0 fully saturated rings. The Morgan fingerprint density at radius 2 is 1.95 bits per heavy atom. The first kappa shape index (κ1) is 15.1. The SMILES string of the molecule is COC(=O)CCCCCNC(=O)c1ccccc1F. The Labute approximate surface area is 112 Å². The van der Waals surface area contributed by atoms with Crippen molar-refractivity contribution in [2.24, 2.45) is 0 Å². The summed E-state index contributed by atoms with van der Waals surface area (Å²) in [7, 11) is 1.36. The third-order valence-electron chi connectivity index (χ3n) is 2.69. The van der Waals surface area contributed by atoms with E-state index in [9.17, 15) is 14.0 Å². The minimum Gasteiger partial charge on any atom is -0.469 e. The van der Waals surface area contributed by atoms with Crippen molar-refractivity contribution in [2.45, 2.75) is 25.7 Å². The lowest BCUT2D eigenvalue weighted by atomic mass is 10.1. The van der Waals surface area contributed by atoms with Gasteiger partial charge in [-0.15, -0.1) is 0 Å². The molecule has 0 aromatic heterocycles. The first-order valence-corrected chi connectivity index (χ1v) is 6.24. The van der Waals surface area contributed by atoms with Crippen molar-refractivity contribution in [1.82, 2.24) is 5.32 Å². The molecule has 0 aliphatic rings. The standard InChI is InChI=1S/C14H18FNO3/c1-19-13(17)9-3-2-6-10-16-14(18)11-7-4-5-8-12(11)15/h4-5,7-8H,2-3,6,9-10H2,1H3,(H,16,18). The van der Waals surface area contributed by atoms with Gasteiger partial charge in [-0.3, -0.25) is 9.59 Å². The molecule has 0 unspecified atom stereocenters. The molecule has 0 aliphatic heterocycles. The van der Waals surface area contributed by atoms with Crippen LogP contribution in [0.25, 0.3) is 0 Å². The van der Waals surface area contributed by atoms with Crippen LogP contribution in [-0.2, 0) is 9.53 Å². The van der Waals surface area contributed by atoms with Crippen LogP contribution in [0.15, 0.2) is 24.3 Å². The fraction of sp³-hybridized carbons (Fsp3) is 0.429. The lowest BCUT2D eigenvalue weighted by molar-refractivity contribution is -0.140. The fourth-order valence-corrected chi connectivity index (χ4v) is 1.62. The van der Waals surface area contributed by atoms with Crippen molar-refractivity contribution in [2.75, 3.05) is 13.7 Å². The van der Waals surface area contributed by atoms with Crippen molar-refractivity contribution < 1.29 is 18.7 Å². The number of rotatable bonds is 7. The van der Waals surface area contributed by atoms with E-state index in [1.165, 1.54) is 19.2 Å². The van der Waals surface area contributed by atoms with Crippen LogP contribution in [0.3, 0.4) is 0 Å². The summed E-state index contributed by atoms with van der Waals surface area (Å²) in [6.45, 7) is 0.467. The van der Waals surface area contributed by atoms with E-state index in [0.29, 0.717) is 13.0 Å². The summed E-state index contributed by atoms with van der Waals surface area (Å²) in [4.78, 5) is 22.5. The van der Waals surface area contributed by atoms with Crippen LogP contribution in [0, 0.1) is 5.82 Å².